The molecule has 34 heavy (non-hydrogen) atoms. The number of rotatable bonds is 7. The number of fused-ring (bicyclic) bond motifs is 1. The molecule has 2 aromatic carbocycles. The minimum absolute atomic E-state index is 0.100. The van der Waals surface area contributed by atoms with E-state index >= 15 is 0 Å². The number of aromatic carboxylic acids is 1. The van der Waals surface area contributed by atoms with Gasteiger partial charge in [-0.2, -0.15) is 5.10 Å². The van der Waals surface area contributed by atoms with Crippen molar-refractivity contribution in [2.24, 2.45) is 5.10 Å². The maximum Gasteiger partial charge on any atom is 0.371 e. The van der Waals surface area contributed by atoms with Crippen LogP contribution in [-0.4, -0.2) is 32.3 Å². The summed E-state index contributed by atoms with van der Waals surface area (Å²) in [5.74, 6) is -0.994. The summed E-state index contributed by atoms with van der Waals surface area (Å²) in [5.41, 5.74) is 5.71. The van der Waals surface area contributed by atoms with Crippen LogP contribution in [0.5, 0.6) is 0 Å². The average molecular weight is 452 g/mol. The van der Waals surface area contributed by atoms with Crippen LogP contribution in [0, 0.1) is 0 Å². The van der Waals surface area contributed by atoms with Crippen molar-refractivity contribution in [2.45, 2.75) is 6.54 Å². The molecule has 0 saturated heterocycles. The van der Waals surface area contributed by atoms with E-state index in [9.17, 15) is 9.59 Å². The molecule has 0 aliphatic heterocycles. The molecule has 0 radical (unpaired) electrons. The van der Waals surface area contributed by atoms with Gasteiger partial charge in [0.05, 0.1) is 12.8 Å². The molecule has 5 rings (SSSR count). The van der Waals surface area contributed by atoms with Gasteiger partial charge >= 0.3 is 5.97 Å². The number of carboxylic acids is 1. The van der Waals surface area contributed by atoms with Crippen LogP contribution in [0.4, 0.5) is 0 Å². The standard InChI is InChI=1S/C26H20N4O4/c31-25(18-6-5-7-20(14-18)29-12-3-4-13-29)28-27-15-19-16-30(23-9-2-1-8-22(19)23)17-21-10-11-24(34-21)26(32)33/h1-16H,17H2,(H,28,31)(H,32,33). The molecule has 3 heterocycles. The highest BCUT2D eigenvalue weighted by Gasteiger charge is 2.12. The molecule has 0 unspecified atom stereocenters. The Morgan fingerprint density at radius 1 is 1.00 bits per heavy atom. The normalized spacial score (nSPS) is 11.3. The quantitative estimate of drug-likeness (QED) is 0.280. The number of amides is 1. The Morgan fingerprint density at radius 2 is 1.82 bits per heavy atom. The van der Waals surface area contributed by atoms with Crippen molar-refractivity contribution in [1.29, 1.82) is 0 Å². The van der Waals surface area contributed by atoms with Crippen molar-refractivity contribution >= 4 is 29.0 Å². The van der Waals surface area contributed by atoms with E-state index in [1.807, 2.05) is 76.3 Å². The Bertz CT molecular complexity index is 1510. The number of hydrogen-bond acceptors (Lipinski definition) is 4. The Kier molecular flexibility index (Phi) is 5.53. The Hall–Kier alpha value is -4.85. The van der Waals surface area contributed by atoms with Gasteiger partial charge in [0.25, 0.3) is 5.91 Å². The molecule has 0 saturated carbocycles. The maximum atomic E-state index is 12.6. The molecule has 5 aromatic rings. The van der Waals surface area contributed by atoms with Crippen LogP contribution in [0.1, 0.15) is 32.2 Å². The van der Waals surface area contributed by atoms with Gasteiger partial charge in [0.2, 0.25) is 5.76 Å². The lowest BCUT2D eigenvalue weighted by molar-refractivity contribution is 0.0660. The molecular formula is C26H20N4O4. The topological polar surface area (TPSA) is 102 Å². The van der Waals surface area contributed by atoms with Gasteiger partial charge in [-0.25, -0.2) is 10.2 Å². The summed E-state index contributed by atoms with van der Waals surface area (Å²) in [4.78, 5) is 23.7. The third-order valence-corrected chi connectivity index (χ3v) is 5.40. The molecule has 8 nitrogen and oxygen atoms in total. The van der Waals surface area contributed by atoms with E-state index in [0.717, 1.165) is 22.2 Å². The molecule has 0 atom stereocenters. The number of furan rings is 1. The molecular weight excluding hydrogens is 432 g/mol. The molecule has 1 amide bonds. The number of benzene rings is 2. The molecule has 8 heteroatoms. The summed E-state index contributed by atoms with van der Waals surface area (Å²) in [5, 5.41) is 14.2. The van der Waals surface area contributed by atoms with Crippen LogP contribution in [0.25, 0.3) is 16.6 Å². The molecule has 0 fully saturated rings. The van der Waals surface area contributed by atoms with E-state index in [4.69, 9.17) is 9.52 Å². The van der Waals surface area contributed by atoms with E-state index in [2.05, 4.69) is 10.5 Å². The lowest BCUT2D eigenvalue weighted by atomic mass is 10.2. The summed E-state index contributed by atoms with van der Waals surface area (Å²) in [6, 6.07) is 22.0. The molecule has 2 N–H and O–H groups in total. The van der Waals surface area contributed by atoms with E-state index in [1.54, 1.807) is 24.4 Å². The van der Waals surface area contributed by atoms with Crippen molar-refractivity contribution in [1.82, 2.24) is 14.6 Å². The predicted molar refractivity (Wildman–Crippen MR) is 128 cm³/mol. The molecule has 0 aliphatic carbocycles. The first-order valence-corrected chi connectivity index (χ1v) is 10.6. The number of hydrogen-bond donors (Lipinski definition) is 2. The number of carbonyl (C=O) groups is 2. The van der Waals surface area contributed by atoms with Crippen LogP contribution < -0.4 is 5.43 Å². The number of carboxylic acid groups (broad SMARTS) is 1. The minimum Gasteiger partial charge on any atom is -0.475 e. The largest absolute Gasteiger partial charge is 0.475 e. The molecule has 168 valence electrons. The van der Waals surface area contributed by atoms with Gasteiger partial charge in [0.1, 0.15) is 5.76 Å². The van der Waals surface area contributed by atoms with Gasteiger partial charge in [-0.05, 0) is 48.5 Å². The number of para-hydroxylation sites is 1. The van der Waals surface area contributed by atoms with Gasteiger partial charge in [0, 0.05) is 46.3 Å². The Balaban J connectivity index is 1.34. The zero-order chi connectivity index (χ0) is 23.5. The highest BCUT2D eigenvalue weighted by molar-refractivity contribution is 6.00. The van der Waals surface area contributed by atoms with Crippen LogP contribution >= 0.6 is 0 Å². The smallest absolute Gasteiger partial charge is 0.371 e. The van der Waals surface area contributed by atoms with Crippen LogP contribution in [0.2, 0.25) is 0 Å². The highest BCUT2D eigenvalue weighted by Crippen LogP contribution is 2.22. The fourth-order valence-corrected chi connectivity index (χ4v) is 3.79. The zero-order valence-corrected chi connectivity index (χ0v) is 18.0. The van der Waals surface area contributed by atoms with Crippen LogP contribution in [0.3, 0.4) is 0 Å². The monoisotopic (exact) mass is 452 g/mol. The van der Waals surface area contributed by atoms with Gasteiger partial charge in [0.15, 0.2) is 0 Å². The van der Waals surface area contributed by atoms with E-state index in [0.29, 0.717) is 17.9 Å². The van der Waals surface area contributed by atoms with Gasteiger partial charge in [-0.1, -0.05) is 24.3 Å². The average Bonchev–Trinajstić information content (AvgIpc) is 3.61. The molecule has 0 aliphatic rings. The van der Waals surface area contributed by atoms with Crippen molar-refractivity contribution in [3.8, 4) is 5.69 Å². The Labute approximate surface area is 194 Å². The summed E-state index contributed by atoms with van der Waals surface area (Å²) >= 11 is 0. The number of nitrogens with one attached hydrogen (secondary N) is 1. The fraction of sp³-hybridized carbons (Fsp3) is 0.0385. The van der Waals surface area contributed by atoms with E-state index in [1.165, 1.54) is 6.07 Å². The summed E-state index contributed by atoms with van der Waals surface area (Å²) in [6.45, 7) is 0.361. The summed E-state index contributed by atoms with van der Waals surface area (Å²) < 4.78 is 9.26. The number of hydrazone groups is 1. The van der Waals surface area contributed by atoms with Crippen molar-refractivity contribution in [3.05, 3.63) is 114 Å². The van der Waals surface area contributed by atoms with Crippen molar-refractivity contribution < 1.29 is 19.1 Å². The lowest BCUT2D eigenvalue weighted by Crippen LogP contribution is -2.17. The van der Waals surface area contributed by atoms with Crippen LogP contribution in [-0.2, 0) is 6.54 Å². The third-order valence-electron chi connectivity index (χ3n) is 5.40. The summed E-state index contributed by atoms with van der Waals surface area (Å²) in [6.07, 6.45) is 7.31. The van der Waals surface area contributed by atoms with Crippen molar-refractivity contribution in [3.63, 3.8) is 0 Å². The summed E-state index contributed by atoms with van der Waals surface area (Å²) in [7, 11) is 0. The fourth-order valence-electron chi connectivity index (χ4n) is 3.79. The molecule has 0 spiro atoms. The van der Waals surface area contributed by atoms with Gasteiger partial charge in [-0.15, -0.1) is 0 Å². The lowest BCUT2D eigenvalue weighted by Gasteiger charge is -2.05. The first-order valence-electron chi connectivity index (χ1n) is 10.6. The SMILES string of the molecule is O=C(NN=Cc1cn(Cc2ccc(C(=O)O)o2)c2ccccc12)c1cccc(-n2cccc2)c1. The third kappa shape index (κ3) is 4.24. The number of nitrogens with zero attached hydrogens (tertiary/aromatic N) is 3. The van der Waals surface area contributed by atoms with E-state index < -0.39 is 5.97 Å². The van der Waals surface area contributed by atoms with E-state index in [-0.39, 0.29) is 11.7 Å². The molecule has 0 bridgehead atoms. The highest BCUT2D eigenvalue weighted by atomic mass is 16.4. The second-order valence-corrected chi connectivity index (χ2v) is 7.64. The Morgan fingerprint density at radius 3 is 2.62 bits per heavy atom. The second kappa shape index (κ2) is 8.95. The second-order valence-electron chi connectivity index (χ2n) is 7.64. The maximum absolute atomic E-state index is 12.6. The van der Waals surface area contributed by atoms with Gasteiger partial charge in [-0.3, -0.25) is 4.79 Å². The predicted octanol–water partition coefficient (Wildman–Crippen LogP) is 4.54. The number of carbonyl (C=O) groups excluding carboxylic acids is 1. The van der Waals surface area contributed by atoms with Crippen LogP contribution in [0.15, 0.2) is 101 Å². The first-order chi connectivity index (χ1) is 16.6. The zero-order valence-electron chi connectivity index (χ0n) is 18.0. The van der Waals surface area contributed by atoms with Crippen molar-refractivity contribution in [2.75, 3.05) is 0 Å². The number of aromatic nitrogens is 2. The minimum atomic E-state index is -1.11. The van der Waals surface area contributed by atoms with Gasteiger partial charge < -0.3 is 18.7 Å². The first kappa shape index (κ1) is 21.0. The molecule has 3 aromatic heterocycles.